The van der Waals surface area contributed by atoms with Gasteiger partial charge in [0.05, 0.1) is 25.1 Å². The number of para-hydroxylation sites is 1. The second-order valence-corrected chi connectivity index (χ2v) is 10.1. The van der Waals surface area contributed by atoms with Crippen molar-refractivity contribution in [3.63, 3.8) is 0 Å². The number of hydrogen-bond donors (Lipinski definition) is 0. The van der Waals surface area contributed by atoms with E-state index in [-0.39, 0.29) is 11.7 Å². The van der Waals surface area contributed by atoms with Gasteiger partial charge in [0.1, 0.15) is 11.6 Å². The number of thiophene rings is 1. The standard InChI is InChI=1S/C26H28N4O2S2/c1-18-11-12-19(2)23(14-18)30-20(3)27-28-26(30)34-17-25(31)29(16-22-9-7-13-33-22)15-21-8-5-6-10-24(21)32-4/h5-14H,15-17H2,1-4H3. The third kappa shape index (κ3) is 5.51. The minimum atomic E-state index is 0.0393. The van der Waals surface area contributed by atoms with E-state index in [0.717, 1.165) is 33.3 Å². The minimum absolute atomic E-state index is 0.0393. The van der Waals surface area contributed by atoms with Crippen LogP contribution >= 0.6 is 23.1 Å². The van der Waals surface area contributed by atoms with Gasteiger partial charge in [-0.3, -0.25) is 9.36 Å². The smallest absolute Gasteiger partial charge is 0.233 e. The van der Waals surface area contributed by atoms with Crippen molar-refractivity contribution in [1.82, 2.24) is 19.7 Å². The number of nitrogens with zero attached hydrogens (tertiary/aromatic N) is 4. The molecule has 0 saturated carbocycles. The van der Waals surface area contributed by atoms with Crippen LogP contribution in [0.2, 0.25) is 0 Å². The molecule has 176 valence electrons. The van der Waals surface area contributed by atoms with Crippen molar-refractivity contribution in [3.05, 3.63) is 87.4 Å². The van der Waals surface area contributed by atoms with Crippen molar-refractivity contribution >= 4 is 29.0 Å². The van der Waals surface area contributed by atoms with Crippen LogP contribution in [0, 0.1) is 20.8 Å². The van der Waals surface area contributed by atoms with Crippen molar-refractivity contribution in [2.45, 2.75) is 39.0 Å². The number of methoxy groups -OCH3 is 1. The van der Waals surface area contributed by atoms with Crippen LogP contribution in [0.5, 0.6) is 5.75 Å². The molecule has 4 aromatic rings. The molecule has 0 saturated heterocycles. The van der Waals surface area contributed by atoms with E-state index in [0.29, 0.717) is 18.2 Å². The van der Waals surface area contributed by atoms with E-state index in [1.54, 1.807) is 18.4 Å². The van der Waals surface area contributed by atoms with Crippen molar-refractivity contribution in [2.75, 3.05) is 12.9 Å². The number of rotatable bonds is 9. The molecule has 0 aliphatic rings. The first-order valence-corrected chi connectivity index (χ1v) is 12.9. The highest BCUT2D eigenvalue weighted by atomic mass is 32.2. The van der Waals surface area contributed by atoms with Crippen LogP contribution in [-0.2, 0) is 17.9 Å². The number of benzene rings is 2. The molecule has 2 heterocycles. The summed E-state index contributed by atoms with van der Waals surface area (Å²) in [5.74, 6) is 1.89. The first kappa shape index (κ1) is 24.0. The number of thioether (sulfide) groups is 1. The zero-order valence-electron chi connectivity index (χ0n) is 19.8. The Morgan fingerprint density at radius 3 is 2.65 bits per heavy atom. The van der Waals surface area contributed by atoms with Crippen LogP contribution in [-0.4, -0.2) is 38.4 Å². The Labute approximate surface area is 208 Å². The summed E-state index contributed by atoms with van der Waals surface area (Å²) in [5, 5.41) is 11.4. The third-order valence-electron chi connectivity index (χ3n) is 5.56. The molecule has 0 atom stereocenters. The molecule has 0 radical (unpaired) electrons. The first-order valence-electron chi connectivity index (χ1n) is 11.0. The lowest BCUT2D eigenvalue weighted by molar-refractivity contribution is -0.129. The van der Waals surface area contributed by atoms with Crippen molar-refractivity contribution in [1.29, 1.82) is 0 Å². The lowest BCUT2D eigenvalue weighted by Crippen LogP contribution is -2.31. The zero-order chi connectivity index (χ0) is 24.1. The van der Waals surface area contributed by atoms with Crippen LogP contribution in [0.4, 0.5) is 0 Å². The summed E-state index contributed by atoms with van der Waals surface area (Å²) in [6.07, 6.45) is 0. The maximum Gasteiger partial charge on any atom is 0.233 e. The average molecular weight is 493 g/mol. The number of hydrogen-bond acceptors (Lipinski definition) is 6. The molecule has 4 rings (SSSR count). The van der Waals surface area contributed by atoms with Crippen LogP contribution in [0.25, 0.3) is 5.69 Å². The van der Waals surface area contributed by atoms with Gasteiger partial charge in [0, 0.05) is 17.0 Å². The minimum Gasteiger partial charge on any atom is -0.496 e. The maximum atomic E-state index is 13.4. The molecule has 0 bridgehead atoms. The van der Waals surface area contributed by atoms with E-state index in [1.807, 2.05) is 52.1 Å². The molecule has 8 heteroatoms. The number of aryl methyl sites for hydroxylation is 3. The number of amides is 1. The summed E-state index contributed by atoms with van der Waals surface area (Å²) in [4.78, 5) is 16.5. The lowest BCUT2D eigenvalue weighted by Gasteiger charge is -2.23. The predicted octanol–water partition coefficient (Wildman–Crippen LogP) is 5.58. The Morgan fingerprint density at radius 2 is 1.88 bits per heavy atom. The van der Waals surface area contributed by atoms with Crippen molar-refractivity contribution in [3.8, 4) is 11.4 Å². The molecule has 34 heavy (non-hydrogen) atoms. The van der Waals surface area contributed by atoms with Crippen LogP contribution < -0.4 is 4.74 Å². The van der Waals surface area contributed by atoms with E-state index in [9.17, 15) is 4.79 Å². The highest BCUT2D eigenvalue weighted by molar-refractivity contribution is 7.99. The van der Waals surface area contributed by atoms with Crippen LogP contribution in [0.1, 0.15) is 27.4 Å². The molecule has 2 aromatic heterocycles. The van der Waals surface area contributed by atoms with Gasteiger partial charge < -0.3 is 9.64 Å². The number of carbonyl (C=O) groups is 1. The van der Waals surface area contributed by atoms with Gasteiger partial charge in [0.15, 0.2) is 5.16 Å². The Balaban J connectivity index is 1.55. The Kier molecular flexibility index (Phi) is 7.70. The summed E-state index contributed by atoms with van der Waals surface area (Å²) in [6.45, 7) is 7.11. The van der Waals surface area contributed by atoms with Gasteiger partial charge >= 0.3 is 0 Å². The second kappa shape index (κ2) is 10.9. The van der Waals surface area contributed by atoms with E-state index in [4.69, 9.17) is 4.74 Å². The molecule has 0 aliphatic carbocycles. The van der Waals surface area contributed by atoms with Crippen molar-refractivity contribution < 1.29 is 9.53 Å². The molecule has 0 spiro atoms. The first-order chi connectivity index (χ1) is 16.5. The lowest BCUT2D eigenvalue weighted by atomic mass is 10.1. The fourth-order valence-corrected chi connectivity index (χ4v) is 5.37. The average Bonchev–Trinajstić information content (AvgIpc) is 3.48. The van der Waals surface area contributed by atoms with Gasteiger partial charge in [-0.05, 0) is 55.5 Å². The monoisotopic (exact) mass is 492 g/mol. The topological polar surface area (TPSA) is 60.2 Å². The summed E-state index contributed by atoms with van der Waals surface area (Å²) < 4.78 is 7.55. The predicted molar refractivity (Wildman–Crippen MR) is 138 cm³/mol. The molecule has 0 unspecified atom stereocenters. The normalized spacial score (nSPS) is 10.9. The van der Waals surface area contributed by atoms with Crippen molar-refractivity contribution in [2.24, 2.45) is 0 Å². The summed E-state index contributed by atoms with van der Waals surface area (Å²) in [6, 6.07) is 18.2. The van der Waals surface area contributed by atoms with Gasteiger partial charge in [0.25, 0.3) is 0 Å². The van der Waals surface area contributed by atoms with Gasteiger partial charge in [0.2, 0.25) is 5.91 Å². The van der Waals surface area contributed by atoms with Gasteiger partial charge in [-0.1, -0.05) is 48.2 Å². The van der Waals surface area contributed by atoms with E-state index >= 15 is 0 Å². The highest BCUT2D eigenvalue weighted by Gasteiger charge is 2.20. The zero-order valence-corrected chi connectivity index (χ0v) is 21.4. The van der Waals surface area contributed by atoms with E-state index in [2.05, 4.69) is 48.3 Å². The number of ether oxygens (including phenoxy) is 1. The molecule has 6 nitrogen and oxygen atoms in total. The molecule has 0 fully saturated rings. The van der Waals surface area contributed by atoms with Gasteiger partial charge in [-0.15, -0.1) is 21.5 Å². The van der Waals surface area contributed by atoms with Crippen LogP contribution in [0.3, 0.4) is 0 Å². The SMILES string of the molecule is COc1ccccc1CN(Cc1cccs1)C(=O)CSc1nnc(C)n1-c1cc(C)ccc1C. The Hall–Kier alpha value is -3.10. The number of aromatic nitrogens is 3. The Bertz CT molecular complexity index is 1270. The quantitative estimate of drug-likeness (QED) is 0.285. The molecular weight excluding hydrogens is 464 g/mol. The Morgan fingerprint density at radius 1 is 1.06 bits per heavy atom. The number of carbonyl (C=O) groups excluding carboxylic acids is 1. The third-order valence-corrected chi connectivity index (χ3v) is 7.33. The second-order valence-electron chi connectivity index (χ2n) is 8.08. The van der Waals surface area contributed by atoms with Gasteiger partial charge in [-0.25, -0.2) is 0 Å². The molecule has 2 aromatic carbocycles. The molecule has 1 amide bonds. The van der Waals surface area contributed by atoms with Crippen LogP contribution in [0.15, 0.2) is 65.1 Å². The summed E-state index contributed by atoms with van der Waals surface area (Å²) in [5.41, 5.74) is 4.33. The maximum absolute atomic E-state index is 13.4. The summed E-state index contributed by atoms with van der Waals surface area (Å²) >= 11 is 3.07. The van der Waals surface area contributed by atoms with E-state index in [1.165, 1.54) is 17.3 Å². The van der Waals surface area contributed by atoms with Gasteiger partial charge in [-0.2, -0.15) is 0 Å². The largest absolute Gasteiger partial charge is 0.496 e. The summed E-state index contributed by atoms with van der Waals surface area (Å²) in [7, 11) is 1.66. The molecule has 0 aliphatic heterocycles. The molecular formula is C26H28N4O2S2. The fourth-order valence-electron chi connectivity index (χ4n) is 3.75. The molecule has 0 N–H and O–H groups in total. The highest BCUT2D eigenvalue weighted by Crippen LogP contribution is 2.27. The van der Waals surface area contributed by atoms with E-state index < -0.39 is 0 Å². The fraction of sp³-hybridized carbons (Fsp3) is 0.269.